The Morgan fingerprint density at radius 3 is 2.21 bits per heavy atom. The van der Waals surface area contributed by atoms with Gasteiger partial charge in [0.1, 0.15) is 29.0 Å². The SMILES string of the molecule is C=C(c1ccccc1OC)C1N(C2CC2)c2c(F)cc(F)c(Cc3cnc(N)nc3N)c2C(=O)C1(C(=C)c1ccccc1OC)C(=O)O. The van der Waals surface area contributed by atoms with E-state index >= 15 is 13.6 Å². The van der Waals surface area contributed by atoms with Gasteiger partial charge in [-0.2, -0.15) is 4.98 Å². The number of fused-ring (bicyclic) bond motifs is 1. The zero-order valence-electron chi connectivity index (χ0n) is 26.3. The summed E-state index contributed by atoms with van der Waals surface area (Å²) >= 11 is 0. The number of carboxylic acids is 1. The quantitative estimate of drug-likeness (QED) is 0.185. The summed E-state index contributed by atoms with van der Waals surface area (Å²) < 4.78 is 43.5. The molecule has 3 aromatic carbocycles. The number of methoxy groups -OCH3 is 2. The Morgan fingerprint density at radius 1 is 1.02 bits per heavy atom. The fourth-order valence-corrected chi connectivity index (χ4v) is 6.72. The Kier molecular flexibility index (Phi) is 8.11. The normalized spacial score (nSPS) is 18.6. The Hall–Kier alpha value is -5.78. The van der Waals surface area contributed by atoms with Gasteiger partial charge >= 0.3 is 5.97 Å². The van der Waals surface area contributed by atoms with Gasteiger partial charge in [-0.3, -0.25) is 9.59 Å². The van der Waals surface area contributed by atoms with Crippen LogP contribution in [0.1, 0.15) is 45.5 Å². The number of halogens is 2. The molecule has 1 fully saturated rings. The molecule has 10 nitrogen and oxygen atoms in total. The van der Waals surface area contributed by atoms with E-state index in [2.05, 4.69) is 23.1 Å². The van der Waals surface area contributed by atoms with Gasteiger partial charge in [-0.15, -0.1) is 0 Å². The number of hydrogen-bond donors (Lipinski definition) is 3. The molecule has 0 amide bonds. The van der Waals surface area contributed by atoms with Crippen LogP contribution in [0.3, 0.4) is 0 Å². The average molecular weight is 654 g/mol. The maximum atomic E-state index is 16.3. The summed E-state index contributed by atoms with van der Waals surface area (Å²) in [5.74, 6) is -4.37. The summed E-state index contributed by atoms with van der Waals surface area (Å²) in [6.45, 7) is 8.54. The van der Waals surface area contributed by atoms with Crippen molar-refractivity contribution in [3.63, 3.8) is 0 Å². The molecule has 2 heterocycles. The second-order valence-corrected chi connectivity index (χ2v) is 11.7. The number of nitrogens with two attached hydrogens (primary N) is 2. The minimum atomic E-state index is -2.57. The Morgan fingerprint density at radius 2 is 1.62 bits per heavy atom. The fraction of sp³-hybridized carbons (Fsp3) is 0.222. The van der Waals surface area contributed by atoms with E-state index in [-0.39, 0.29) is 57.5 Å². The summed E-state index contributed by atoms with van der Waals surface area (Å²) in [7, 11) is 2.85. The zero-order valence-corrected chi connectivity index (χ0v) is 26.3. The van der Waals surface area contributed by atoms with Crippen LogP contribution in [0.4, 0.5) is 26.2 Å². The van der Waals surface area contributed by atoms with Crippen molar-refractivity contribution in [3.05, 3.63) is 113 Å². The number of carboxylic acid groups (broad SMARTS) is 1. The van der Waals surface area contributed by atoms with Crippen molar-refractivity contribution in [2.75, 3.05) is 30.6 Å². The van der Waals surface area contributed by atoms with Crippen LogP contribution in [0.15, 0.2) is 74.0 Å². The van der Waals surface area contributed by atoms with Crippen molar-refractivity contribution in [2.24, 2.45) is 5.41 Å². The number of rotatable bonds is 10. The molecule has 0 radical (unpaired) electrons. The van der Waals surface area contributed by atoms with Crippen LogP contribution < -0.4 is 25.8 Å². The Labute approximate surface area is 275 Å². The molecule has 1 aliphatic heterocycles. The minimum Gasteiger partial charge on any atom is -0.496 e. The van der Waals surface area contributed by atoms with Gasteiger partial charge in [-0.05, 0) is 36.1 Å². The molecule has 0 saturated heterocycles. The smallest absolute Gasteiger partial charge is 0.324 e. The predicted octanol–water partition coefficient (Wildman–Crippen LogP) is 5.56. The lowest BCUT2D eigenvalue weighted by atomic mass is 9.61. The molecule has 2 atom stereocenters. The van der Waals surface area contributed by atoms with Crippen molar-refractivity contribution in [3.8, 4) is 11.5 Å². The molecule has 1 saturated carbocycles. The number of aromatic nitrogens is 2. The van der Waals surface area contributed by atoms with Gasteiger partial charge in [-0.1, -0.05) is 49.6 Å². The number of ketones is 1. The lowest BCUT2D eigenvalue weighted by Crippen LogP contribution is -2.62. The number of carbonyl (C=O) groups is 2. The van der Waals surface area contributed by atoms with Crippen LogP contribution >= 0.6 is 0 Å². The molecular formula is C36H33F2N5O5. The van der Waals surface area contributed by atoms with Crippen molar-refractivity contribution >= 4 is 40.4 Å². The predicted molar refractivity (Wildman–Crippen MR) is 178 cm³/mol. The minimum absolute atomic E-state index is 0.0763. The molecule has 4 aromatic rings. The van der Waals surface area contributed by atoms with Crippen molar-refractivity contribution < 1.29 is 33.0 Å². The highest BCUT2D eigenvalue weighted by Gasteiger charge is 2.64. The molecule has 1 aliphatic carbocycles. The molecule has 246 valence electrons. The third kappa shape index (κ3) is 4.91. The summed E-state index contributed by atoms with van der Waals surface area (Å²) in [5, 5.41) is 11.4. The highest BCUT2D eigenvalue weighted by Crippen LogP contribution is 2.57. The van der Waals surface area contributed by atoms with E-state index in [1.165, 1.54) is 20.4 Å². The lowest BCUT2D eigenvalue weighted by Gasteiger charge is -2.50. The first-order valence-corrected chi connectivity index (χ1v) is 15.1. The second-order valence-electron chi connectivity index (χ2n) is 11.7. The van der Waals surface area contributed by atoms with E-state index < -0.39 is 46.4 Å². The molecule has 6 rings (SSSR count). The molecule has 12 heteroatoms. The van der Waals surface area contributed by atoms with Gasteiger partial charge < -0.3 is 30.9 Å². The van der Waals surface area contributed by atoms with E-state index in [4.69, 9.17) is 20.9 Å². The van der Waals surface area contributed by atoms with Gasteiger partial charge in [0, 0.05) is 47.0 Å². The summed E-state index contributed by atoms with van der Waals surface area (Å²) in [6, 6.07) is 12.2. The topological polar surface area (TPSA) is 154 Å². The first-order valence-electron chi connectivity index (χ1n) is 15.1. The first kappa shape index (κ1) is 32.2. The number of nitrogens with zero attached hydrogens (tertiary/aromatic N) is 3. The molecule has 2 unspecified atom stereocenters. The monoisotopic (exact) mass is 653 g/mol. The van der Waals surface area contributed by atoms with E-state index in [1.54, 1.807) is 53.4 Å². The van der Waals surface area contributed by atoms with E-state index in [0.29, 0.717) is 30.2 Å². The number of anilines is 3. The van der Waals surface area contributed by atoms with Crippen LogP contribution in [0, 0.1) is 17.0 Å². The van der Waals surface area contributed by atoms with Crippen molar-refractivity contribution in [1.82, 2.24) is 9.97 Å². The van der Waals surface area contributed by atoms with Crippen LogP contribution in [-0.2, 0) is 11.2 Å². The standard InChI is InChI=1S/C36H33F2N5O5/c1-18(22-9-5-7-11-27(22)47-3)31-36(34(45)46,19(2)23-10-6-8-12-28(23)48-4)32(44)29-24(15-20-17-41-35(40)42-33(20)39)25(37)16-26(38)30(29)43(31)21-13-14-21/h5-12,16-17,21,31H,1-2,13-15H2,3-4H3,(H,45,46)(H4,39,40,41,42). The molecule has 5 N–H and O–H groups in total. The largest absolute Gasteiger partial charge is 0.496 e. The number of benzene rings is 3. The maximum absolute atomic E-state index is 16.3. The third-order valence-electron chi connectivity index (χ3n) is 9.09. The van der Waals surface area contributed by atoms with E-state index in [0.717, 1.165) is 0 Å². The molecule has 0 spiro atoms. The van der Waals surface area contributed by atoms with Crippen molar-refractivity contribution in [2.45, 2.75) is 31.3 Å². The number of carbonyl (C=O) groups excluding carboxylic acids is 1. The third-order valence-corrected chi connectivity index (χ3v) is 9.09. The summed E-state index contributed by atoms with van der Waals surface area (Å²) in [5.41, 5.74) is 9.07. The molecule has 48 heavy (non-hydrogen) atoms. The van der Waals surface area contributed by atoms with Gasteiger partial charge in [-0.25, -0.2) is 13.8 Å². The maximum Gasteiger partial charge on any atom is 0.324 e. The number of aliphatic carboxylic acids is 1. The fourth-order valence-electron chi connectivity index (χ4n) is 6.72. The van der Waals surface area contributed by atoms with Crippen LogP contribution in [0.25, 0.3) is 11.1 Å². The summed E-state index contributed by atoms with van der Waals surface area (Å²) in [6.07, 6.45) is 2.01. The number of para-hydroxylation sites is 2. The second kappa shape index (κ2) is 12.1. The lowest BCUT2D eigenvalue weighted by molar-refractivity contribution is -0.143. The highest BCUT2D eigenvalue weighted by molar-refractivity contribution is 6.27. The number of hydrogen-bond acceptors (Lipinski definition) is 9. The van der Waals surface area contributed by atoms with Gasteiger partial charge in [0.15, 0.2) is 11.2 Å². The first-order chi connectivity index (χ1) is 23.0. The molecule has 0 bridgehead atoms. The van der Waals surface area contributed by atoms with E-state index in [9.17, 15) is 9.90 Å². The average Bonchev–Trinajstić information content (AvgIpc) is 3.92. The number of ether oxygens (including phenoxy) is 2. The zero-order chi connectivity index (χ0) is 34.5. The van der Waals surface area contributed by atoms with Crippen LogP contribution in [-0.4, -0.2) is 53.1 Å². The van der Waals surface area contributed by atoms with Crippen LogP contribution in [0.5, 0.6) is 11.5 Å². The van der Waals surface area contributed by atoms with Crippen LogP contribution in [0.2, 0.25) is 0 Å². The number of nitrogen functional groups attached to an aromatic ring is 2. The number of Topliss-reactive ketones (excluding diaryl/α,β-unsaturated/α-hetero) is 1. The van der Waals surface area contributed by atoms with Crippen molar-refractivity contribution in [1.29, 1.82) is 0 Å². The molecule has 2 aliphatic rings. The highest BCUT2D eigenvalue weighted by atomic mass is 19.1. The molecule has 1 aromatic heterocycles. The van der Waals surface area contributed by atoms with Gasteiger partial charge in [0.2, 0.25) is 5.95 Å². The molecular weight excluding hydrogens is 620 g/mol. The van der Waals surface area contributed by atoms with E-state index in [1.807, 2.05) is 0 Å². The Balaban J connectivity index is 1.72. The van der Waals surface area contributed by atoms with Gasteiger partial charge in [0.25, 0.3) is 0 Å². The van der Waals surface area contributed by atoms with Gasteiger partial charge in [0.05, 0.1) is 31.5 Å². The summed E-state index contributed by atoms with van der Waals surface area (Å²) in [4.78, 5) is 38.8. The Bertz CT molecular complexity index is 2010.